The molecule has 1 aromatic rings. The molecule has 0 N–H and O–H groups in total. The summed E-state index contributed by atoms with van der Waals surface area (Å²) < 4.78 is 22.9. The van der Waals surface area contributed by atoms with Crippen LogP contribution in [0.15, 0.2) is 0 Å². The van der Waals surface area contributed by atoms with Gasteiger partial charge in [-0.15, -0.1) is 11.3 Å². The molecule has 1 aliphatic rings. The van der Waals surface area contributed by atoms with Crippen molar-refractivity contribution in [3.05, 3.63) is 15.6 Å². The zero-order chi connectivity index (χ0) is 14.9. The summed E-state index contributed by atoms with van der Waals surface area (Å²) >= 11 is 1.62. The second-order valence-corrected chi connectivity index (χ2v) is 8.83. The van der Waals surface area contributed by atoms with Crippen LogP contribution in [0.3, 0.4) is 0 Å². The molecular formula is C13H20N2O3S2. The maximum atomic E-state index is 12.1. The van der Waals surface area contributed by atoms with Gasteiger partial charge in [0.25, 0.3) is 0 Å². The molecule has 1 fully saturated rings. The fourth-order valence-corrected chi connectivity index (χ4v) is 5.03. The smallest absolute Gasteiger partial charge is 0.223 e. The summed E-state index contributed by atoms with van der Waals surface area (Å²) in [6.45, 7) is 3.99. The number of nitrogens with zero attached hydrogens (tertiary/aromatic N) is 2. The van der Waals surface area contributed by atoms with Gasteiger partial charge >= 0.3 is 0 Å². The lowest BCUT2D eigenvalue weighted by Crippen LogP contribution is -2.37. The van der Waals surface area contributed by atoms with E-state index in [1.54, 1.807) is 23.3 Å². The number of amides is 1. The summed E-state index contributed by atoms with van der Waals surface area (Å²) in [4.78, 5) is 19.3. The summed E-state index contributed by atoms with van der Waals surface area (Å²) in [7, 11) is -1.25. The Balaban J connectivity index is 1.88. The van der Waals surface area contributed by atoms with Crippen LogP contribution in [-0.4, -0.2) is 48.8 Å². The average molecular weight is 316 g/mol. The van der Waals surface area contributed by atoms with E-state index in [0.717, 1.165) is 10.7 Å². The number of sulfone groups is 1. The van der Waals surface area contributed by atoms with E-state index >= 15 is 0 Å². The first-order valence-electron chi connectivity index (χ1n) is 6.67. The van der Waals surface area contributed by atoms with Crippen molar-refractivity contribution < 1.29 is 13.2 Å². The summed E-state index contributed by atoms with van der Waals surface area (Å²) in [6, 6.07) is -0.160. The Hall–Kier alpha value is -0.950. The summed E-state index contributed by atoms with van der Waals surface area (Å²) in [5.41, 5.74) is 1.02. The van der Waals surface area contributed by atoms with Crippen molar-refractivity contribution in [3.8, 4) is 0 Å². The number of rotatable bonds is 4. The lowest BCUT2D eigenvalue weighted by molar-refractivity contribution is -0.131. The van der Waals surface area contributed by atoms with E-state index in [0.29, 0.717) is 19.3 Å². The van der Waals surface area contributed by atoms with Gasteiger partial charge in [0.15, 0.2) is 9.84 Å². The Labute approximate surface area is 123 Å². The molecule has 1 saturated heterocycles. The SMILES string of the molecule is Cc1nc(CCC(=O)N(C)C2CCS(=O)(=O)C2)sc1C. The van der Waals surface area contributed by atoms with E-state index in [1.807, 2.05) is 13.8 Å². The van der Waals surface area contributed by atoms with Gasteiger partial charge in [-0.25, -0.2) is 13.4 Å². The fourth-order valence-electron chi connectivity index (χ4n) is 2.32. The highest BCUT2D eigenvalue weighted by Gasteiger charge is 2.32. The third kappa shape index (κ3) is 3.58. The van der Waals surface area contributed by atoms with Gasteiger partial charge in [0.05, 0.1) is 22.2 Å². The number of carbonyl (C=O) groups excluding carboxylic acids is 1. The Morgan fingerprint density at radius 1 is 1.45 bits per heavy atom. The second kappa shape index (κ2) is 5.81. The molecule has 2 heterocycles. The molecular weight excluding hydrogens is 296 g/mol. The number of thiazole rings is 1. The standard InChI is InChI=1S/C13H20N2O3S2/c1-9-10(2)19-12(14-9)4-5-13(16)15(3)11-6-7-20(17,18)8-11/h11H,4-8H2,1-3H3. The van der Waals surface area contributed by atoms with Gasteiger partial charge < -0.3 is 4.90 Å². The first kappa shape index (κ1) is 15.4. The predicted octanol–water partition coefficient (Wildman–Crippen LogP) is 1.34. The molecule has 7 heteroatoms. The van der Waals surface area contributed by atoms with E-state index in [4.69, 9.17) is 0 Å². The largest absolute Gasteiger partial charge is 0.342 e. The summed E-state index contributed by atoms with van der Waals surface area (Å²) in [5.74, 6) is 0.294. The molecule has 0 spiro atoms. The van der Waals surface area contributed by atoms with Crippen molar-refractivity contribution in [1.82, 2.24) is 9.88 Å². The molecule has 5 nitrogen and oxygen atoms in total. The van der Waals surface area contributed by atoms with Gasteiger partial charge in [-0.05, 0) is 20.3 Å². The van der Waals surface area contributed by atoms with Crippen LogP contribution in [0.2, 0.25) is 0 Å². The molecule has 1 unspecified atom stereocenters. The average Bonchev–Trinajstić information content (AvgIpc) is 2.89. The van der Waals surface area contributed by atoms with Crippen molar-refractivity contribution in [2.24, 2.45) is 0 Å². The lowest BCUT2D eigenvalue weighted by atomic mass is 10.2. The van der Waals surface area contributed by atoms with Crippen molar-refractivity contribution in [1.29, 1.82) is 0 Å². The molecule has 2 rings (SSSR count). The van der Waals surface area contributed by atoms with Crippen LogP contribution in [0, 0.1) is 13.8 Å². The molecule has 1 atom stereocenters. The minimum Gasteiger partial charge on any atom is -0.342 e. The van der Waals surface area contributed by atoms with Crippen LogP contribution in [-0.2, 0) is 21.1 Å². The van der Waals surface area contributed by atoms with Crippen LogP contribution in [0.25, 0.3) is 0 Å². The van der Waals surface area contributed by atoms with E-state index in [1.165, 1.54) is 4.88 Å². The topological polar surface area (TPSA) is 67.3 Å². The monoisotopic (exact) mass is 316 g/mol. The third-order valence-electron chi connectivity index (χ3n) is 3.78. The van der Waals surface area contributed by atoms with E-state index in [9.17, 15) is 13.2 Å². The van der Waals surface area contributed by atoms with Gasteiger partial charge in [0.1, 0.15) is 0 Å². The van der Waals surface area contributed by atoms with Crippen LogP contribution in [0.5, 0.6) is 0 Å². The van der Waals surface area contributed by atoms with Crippen LogP contribution in [0.4, 0.5) is 0 Å². The van der Waals surface area contributed by atoms with Gasteiger partial charge in [-0.2, -0.15) is 0 Å². The lowest BCUT2D eigenvalue weighted by Gasteiger charge is -2.23. The van der Waals surface area contributed by atoms with Gasteiger partial charge in [0, 0.05) is 30.8 Å². The van der Waals surface area contributed by atoms with Crippen LogP contribution in [0.1, 0.15) is 28.4 Å². The predicted molar refractivity (Wildman–Crippen MR) is 79.7 cm³/mol. The number of aryl methyl sites for hydroxylation is 3. The number of hydrogen-bond donors (Lipinski definition) is 0. The molecule has 0 radical (unpaired) electrons. The molecule has 0 bridgehead atoms. The molecule has 0 aromatic carbocycles. The van der Waals surface area contributed by atoms with Crippen molar-refractivity contribution >= 4 is 27.1 Å². The molecule has 1 amide bonds. The highest BCUT2D eigenvalue weighted by Crippen LogP contribution is 2.20. The van der Waals surface area contributed by atoms with Crippen LogP contribution < -0.4 is 0 Å². The molecule has 1 aliphatic heterocycles. The van der Waals surface area contributed by atoms with Crippen LogP contribution >= 0.6 is 11.3 Å². The maximum absolute atomic E-state index is 12.1. The quantitative estimate of drug-likeness (QED) is 0.840. The normalized spacial score (nSPS) is 21.1. The highest BCUT2D eigenvalue weighted by atomic mass is 32.2. The van der Waals surface area contributed by atoms with Gasteiger partial charge in [-0.3, -0.25) is 4.79 Å². The van der Waals surface area contributed by atoms with E-state index < -0.39 is 9.84 Å². The highest BCUT2D eigenvalue weighted by molar-refractivity contribution is 7.91. The van der Waals surface area contributed by atoms with E-state index in [-0.39, 0.29) is 23.5 Å². The zero-order valence-electron chi connectivity index (χ0n) is 12.0. The van der Waals surface area contributed by atoms with Gasteiger partial charge in [-0.1, -0.05) is 0 Å². The minimum atomic E-state index is -2.95. The second-order valence-electron chi connectivity index (χ2n) is 5.31. The first-order chi connectivity index (χ1) is 9.28. The van der Waals surface area contributed by atoms with Crippen molar-refractivity contribution in [3.63, 3.8) is 0 Å². The third-order valence-corrected chi connectivity index (χ3v) is 6.66. The number of hydrogen-bond acceptors (Lipinski definition) is 5. The Kier molecular flexibility index (Phi) is 4.49. The van der Waals surface area contributed by atoms with Crippen molar-refractivity contribution in [2.75, 3.05) is 18.6 Å². The molecule has 20 heavy (non-hydrogen) atoms. The molecule has 112 valence electrons. The summed E-state index contributed by atoms with van der Waals surface area (Å²) in [6.07, 6.45) is 1.57. The molecule has 0 saturated carbocycles. The fraction of sp³-hybridized carbons (Fsp3) is 0.692. The number of aromatic nitrogens is 1. The first-order valence-corrected chi connectivity index (χ1v) is 9.31. The summed E-state index contributed by atoms with van der Waals surface area (Å²) in [5, 5.41) is 0.973. The van der Waals surface area contributed by atoms with E-state index in [2.05, 4.69) is 4.98 Å². The minimum absolute atomic E-state index is 0.00222. The van der Waals surface area contributed by atoms with Gasteiger partial charge in [0.2, 0.25) is 5.91 Å². The zero-order valence-corrected chi connectivity index (χ0v) is 13.7. The Morgan fingerprint density at radius 3 is 2.65 bits per heavy atom. The maximum Gasteiger partial charge on any atom is 0.223 e. The Morgan fingerprint density at radius 2 is 2.15 bits per heavy atom. The number of carbonyl (C=O) groups is 1. The molecule has 1 aromatic heterocycles. The van der Waals surface area contributed by atoms with Crippen molar-refractivity contribution in [2.45, 2.75) is 39.2 Å². The Bertz CT molecular complexity index is 588. The molecule has 0 aliphatic carbocycles.